The molecule has 1 saturated heterocycles. The molecule has 162 valence electrons. The van der Waals surface area contributed by atoms with Crippen molar-refractivity contribution in [2.75, 3.05) is 32.1 Å². The molecule has 2 heterocycles. The van der Waals surface area contributed by atoms with E-state index in [9.17, 15) is 14.4 Å². The molecule has 0 unspecified atom stereocenters. The van der Waals surface area contributed by atoms with Crippen LogP contribution >= 0.6 is 27.5 Å². The number of carbonyl (C=O) groups excluding carboxylic acids is 3. The predicted octanol–water partition coefficient (Wildman–Crippen LogP) is 2.14. The molecule has 10 heteroatoms. The normalized spacial score (nSPS) is 14.8. The Bertz CT molecular complexity index is 982. The molecule has 0 bridgehead atoms. The monoisotopic (exact) mass is 497 g/mol. The van der Waals surface area contributed by atoms with Gasteiger partial charge in [-0.25, -0.2) is 0 Å². The topological polar surface area (TPSA) is 87.5 Å². The second-order valence-electron chi connectivity index (χ2n) is 8.04. The Kier molecular flexibility index (Phi) is 6.71. The highest BCUT2D eigenvalue weighted by Gasteiger charge is 2.31. The average molecular weight is 499 g/mol. The van der Waals surface area contributed by atoms with Gasteiger partial charge in [0.1, 0.15) is 5.88 Å². The van der Waals surface area contributed by atoms with Crippen LogP contribution in [-0.4, -0.2) is 74.9 Å². The third kappa shape index (κ3) is 4.95. The van der Waals surface area contributed by atoms with E-state index in [0.29, 0.717) is 31.9 Å². The second kappa shape index (κ2) is 8.93. The lowest BCUT2D eigenvalue weighted by Gasteiger charge is -2.36. The van der Waals surface area contributed by atoms with Crippen molar-refractivity contribution in [3.8, 4) is 0 Å². The fourth-order valence-corrected chi connectivity index (χ4v) is 4.11. The molecule has 3 rings (SSSR count). The Hall–Kier alpha value is -2.13. The summed E-state index contributed by atoms with van der Waals surface area (Å²) in [5.74, 6) is -0.552. The van der Waals surface area contributed by atoms with E-state index in [0.717, 1.165) is 15.4 Å². The zero-order chi connectivity index (χ0) is 22.1. The van der Waals surface area contributed by atoms with Crippen LogP contribution in [0.25, 0.3) is 10.9 Å². The standard InChI is InChI=1S/C20H25BrClN5O3/c1-20(2,11-16(28)26-6-8-27(9-7-26)17(29)12-22)23-19(30)18-14-5-4-13(21)10-15(14)25(3)24-18/h4-5,10H,6-9,11-12H2,1-3H3,(H,23,30). The lowest BCUT2D eigenvalue weighted by Crippen LogP contribution is -2.53. The summed E-state index contributed by atoms with van der Waals surface area (Å²) in [4.78, 5) is 40.7. The summed E-state index contributed by atoms with van der Waals surface area (Å²) in [7, 11) is 1.79. The summed E-state index contributed by atoms with van der Waals surface area (Å²) in [6.07, 6.45) is 0.151. The van der Waals surface area contributed by atoms with Crippen LogP contribution in [0.3, 0.4) is 0 Å². The highest BCUT2D eigenvalue weighted by molar-refractivity contribution is 9.10. The van der Waals surface area contributed by atoms with E-state index < -0.39 is 5.54 Å². The molecule has 0 atom stereocenters. The molecule has 1 aromatic carbocycles. The Morgan fingerprint density at radius 3 is 2.33 bits per heavy atom. The van der Waals surface area contributed by atoms with Crippen molar-refractivity contribution in [2.24, 2.45) is 7.05 Å². The fourth-order valence-electron chi connectivity index (χ4n) is 3.59. The van der Waals surface area contributed by atoms with E-state index in [1.165, 1.54) is 0 Å². The molecule has 1 N–H and O–H groups in total. The largest absolute Gasteiger partial charge is 0.345 e. The van der Waals surface area contributed by atoms with Crippen LogP contribution < -0.4 is 5.32 Å². The Balaban J connectivity index is 1.63. The van der Waals surface area contributed by atoms with Crippen LogP contribution in [0.5, 0.6) is 0 Å². The third-order valence-corrected chi connectivity index (χ3v) is 5.89. The molecular weight excluding hydrogens is 474 g/mol. The van der Waals surface area contributed by atoms with Crippen LogP contribution in [0.2, 0.25) is 0 Å². The molecule has 0 aliphatic carbocycles. The number of amides is 3. The molecule has 0 radical (unpaired) electrons. The summed E-state index contributed by atoms with van der Waals surface area (Å²) in [6, 6.07) is 5.62. The van der Waals surface area contributed by atoms with Crippen molar-refractivity contribution in [3.05, 3.63) is 28.4 Å². The molecule has 1 aliphatic heterocycles. The smallest absolute Gasteiger partial charge is 0.272 e. The zero-order valence-corrected chi connectivity index (χ0v) is 19.6. The van der Waals surface area contributed by atoms with Crippen LogP contribution in [0, 0.1) is 0 Å². The van der Waals surface area contributed by atoms with E-state index in [-0.39, 0.29) is 30.0 Å². The van der Waals surface area contributed by atoms with Gasteiger partial charge < -0.3 is 15.1 Å². The van der Waals surface area contributed by atoms with E-state index in [4.69, 9.17) is 11.6 Å². The van der Waals surface area contributed by atoms with E-state index in [2.05, 4.69) is 26.3 Å². The third-order valence-electron chi connectivity index (χ3n) is 5.17. The number of aromatic nitrogens is 2. The summed E-state index contributed by atoms with van der Waals surface area (Å²) >= 11 is 9.03. The van der Waals surface area contributed by atoms with Gasteiger partial charge in [-0.2, -0.15) is 5.10 Å². The minimum absolute atomic E-state index is 0.0494. The van der Waals surface area contributed by atoms with Crippen molar-refractivity contribution in [3.63, 3.8) is 0 Å². The van der Waals surface area contributed by atoms with Gasteiger partial charge in [-0.15, -0.1) is 11.6 Å². The number of benzene rings is 1. The summed E-state index contributed by atoms with van der Waals surface area (Å²) in [6.45, 7) is 5.51. The quantitative estimate of drug-likeness (QED) is 0.640. The molecule has 3 amide bonds. The number of fused-ring (bicyclic) bond motifs is 1. The Morgan fingerprint density at radius 2 is 1.73 bits per heavy atom. The lowest BCUT2D eigenvalue weighted by molar-refractivity contribution is -0.139. The van der Waals surface area contributed by atoms with Gasteiger partial charge in [-0.1, -0.05) is 15.9 Å². The van der Waals surface area contributed by atoms with Crippen molar-refractivity contribution < 1.29 is 14.4 Å². The van der Waals surface area contributed by atoms with E-state index >= 15 is 0 Å². The highest BCUT2D eigenvalue weighted by atomic mass is 79.9. The first-order valence-electron chi connectivity index (χ1n) is 9.67. The van der Waals surface area contributed by atoms with Gasteiger partial charge in [0.2, 0.25) is 11.8 Å². The molecule has 2 aromatic rings. The van der Waals surface area contributed by atoms with Gasteiger partial charge >= 0.3 is 0 Å². The Labute approximate surface area is 188 Å². The molecule has 1 aliphatic rings. The zero-order valence-electron chi connectivity index (χ0n) is 17.2. The van der Waals surface area contributed by atoms with E-state index in [1.54, 1.807) is 21.5 Å². The molecule has 1 fully saturated rings. The van der Waals surface area contributed by atoms with Gasteiger partial charge in [-0.3, -0.25) is 19.1 Å². The molecule has 0 spiro atoms. The van der Waals surface area contributed by atoms with Crippen LogP contribution in [0.1, 0.15) is 30.8 Å². The number of piperazine rings is 1. The Morgan fingerprint density at radius 1 is 1.13 bits per heavy atom. The maximum Gasteiger partial charge on any atom is 0.272 e. The molecule has 0 saturated carbocycles. The van der Waals surface area contributed by atoms with Crippen molar-refractivity contribution in [1.29, 1.82) is 0 Å². The number of halogens is 2. The number of aryl methyl sites for hydroxylation is 1. The number of hydrogen-bond donors (Lipinski definition) is 1. The summed E-state index contributed by atoms with van der Waals surface area (Å²) < 4.78 is 2.57. The average Bonchev–Trinajstić information content (AvgIpc) is 3.03. The number of nitrogens with one attached hydrogen (secondary N) is 1. The number of hydrogen-bond acceptors (Lipinski definition) is 4. The molecule has 30 heavy (non-hydrogen) atoms. The minimum Gasteiger partial charge on any atom is -0.345 e. The van der Waals surface area contributed by atoms with Crippen molar-refractivity contribution in [2.45, 2.75) is 25.8 Å². The second-order valence-corrected chi connectivity index (χ2v) is 9.23. The molecule has 8 nitrogen and oxygen atoms in total. The number of carbonyl (C=O) groups is 3. The molecular formula is C20H25BrClN5O3. The summed E-state index contributed by atoms with van der Waals surface area (Å²) in [5.41, 5.74) is 0.415. The SMILES string of the molecule is Cn1nc(C(=O)NC(C)(C)CC(=O)N2CCN(C(=O)CCl)CC2)c2ccc(Br)cc21. The van der Waals surface area contributed by atoms with Crippen LogP contribution in [0.15, 0.2) is 22.7 Å². The predicted molar refractivity (Wildman–Crippen MR) is 118 cm³/mol. The van der Waals surface area contributed by atoms with Crippen molar-refractivity contribution >= 4 is 56.2 Å². The fraction of sp³-hybridized carbons (Fsp3) is 0.500. The minimum atomic E-state index is -0.754. The number of rotatable bonds is 5. The maximum absolute atomic E-state index is 12.9. The maximum atomic E-state index is 12.9. The van der Waals surface area contributed by atoms with Gasteiger partial charge in [0.25, 0.3) is 5.91 Å². The van der Waals surface area contributed by atoms with Gasteiger partial charge in [0.15, 0.2) is 5.69 Å². The summed E-state index contributed by atoms with van der Waals surface area (Å²) in [5, 5.41) is 8.05. The van der Waals surface area contributed by atoms with Gasteiger partial charge in [-0.05, 0) is 32.0 Å². The number of alkyl halides is 1. The van der Waals surface area contributed by atoms with Crippen molar-refractivity contribution in [1.82, 2.24) is 24.9 Å². The van der Waals surface area contributed by atoms with Crippen LogP contribution in [-0.2, 0) is 16.6 Å². The van der Waals surface area contributed by atoms with E-state index in [1.807, 2.05) is 32.0 Å². The number of nitrogens with zero attached hydrogens (tertiary/aromatic N) is 4. The van der Waals surface area contributed by atoms with Gasteiger partial charge in [0, 0.05) is 55.0 Å². The first-order chi connectivity index (χ1) is 14.1. The molecule has 1 aromatic heterocycles. The first kappa shape index (κ1) is 22.6. The lowest BCUT2D eigenvalue weighted by atomic mass is 9.99. The first-order valence-corrected chi connectivity index (χ1v) is 11.0. The van der Waals surface area contributed by atoms with Gasteiger partial charge in [0.05, 0.1) is 5.52 Å². The highest BCUT2D eigenvalue weighted by Crippen LogP contribution is 2.23. The van der Waals surface area contributed by atoms with Crippen LogP contribution in [0.4, 0.5) is 0 Å².